The Hall–Kier alpha value is -2.92. The van der Waals surface area contributed by atoms with Crippen LogP contribution in [0.25, 0.3) is 5.69 Å². The van der Waals surface area contributed by atoms with Crippen LogP contribution in [0, 0.1) is 12.8 Å². The van der Waals surface area contributed by atoms with Crippen molar-refractivity contribution in [2.45, 2.75) is 84.2 Å². The maximum Gasteiger partial charge on any atom is 0.258 e. The Morgan fingerprint density at radius 2 is 1.88 bits per heavy atom. The van der Waals surface area contributed by atoms with Crippen molar-refractivity contribution >= 4 is 27.5 Å². The predicted octanol–water partition coefficient (Wildman–Crippen LogP) is 3.47. The number of unbranched alkanes of at least 4 members (excludes halogenated alkanes) is 1. The van der Waals surface area contributed by atoms with Gasteiger partial charge in [-0.25, -0.2) is 17.4 Å². The van der Waals surface area contributed by atoms with Crippen LogP contribution in [0.5, 0.6) is 0 Å². The van der Waals surface area contributed by atoms with Gasteiger partial charge in [0.1, 0.15) is 0 Å². The molecule has 1 aromatic heterocycles. The van der Waals surface area contributed by atoms with Gasteiger partial charge in [-0.3, -0.25) is 9.59 Å². The normalized spacial score (nSPS) is 20.0. The highest BCUT2D eigenvalue weighted by Gasteiger charge is 2.43. The van der Waals surface area contributed by atoms with E-state index in [2.05, 4.69) is 19.2 Å². The zero-order chi connectivity index (χ0) is 28.8. The number of rotatable bonds is 10. The lowest BCUT2D eigenvalue weighted by molar-refractivity contribution is 0.0487. The van der Waals surface area contributed by atoms with E-state index in [1.807, 2.05) is 35.6 Å². The van der Waals surface area contributed by atoms with Gasteiger partial charge in [0.05, 0.1) is 34.0 Å². The minimum absolute atomic E-state index is 0.00394. The molecular formula is C29H42N6O4S. The quantitative estimate of drug-likeness (QED) is 0.450. The molecule has 0 spiro atoms. The van der Waals surface area contributed by atoms with Crippen LogP contribution in [0.4, 0.5) is 5.69 Å². The number of piperidine rings is 1. The number of nitrogens with one attached hydrogen (secondary N) is 1. The van der Waals surface area contributed by atoms with Gasteiger partial charge in [-0.1, -0.05) is 13.3 Å². The van der Waals surface area contributed by atoms with Crippen molar-refractivity contribution in [3.05, 3.63) is 40.7 Å². The van der Waals surface area contributed by atoms with E-state index in [4.69, 9.17) is 10.8 Å². The number of sulfonamides is 1. The summed E-state index contributed by atoms with van der Waals surface area (Å²) >= 11 is 0. The number of primary amides is 1. The molecule has 3 aliphatic rings. The van der Waals surface area contributed by atoms with Crippen molar-refractivity contribution in [1.29, 1.82) is 0 Å². The Kier molecular flexibility index (Phi) is 7.73. The van der Waals surface area contributed by atoms with Gasteiger partial charge in [0.15, 0.2) is 0 Å². The second-order valence-corrected chi connectivity index (χ2v) is 14.3. The number of anilines is 1. The Balaban J connectivity index is 1.39. The van der Waals surface area contributed by atoms with Crippen LogP contribution < -0.4 is 11.1 Å². The number of carbonyl (C=O) groups excluding carboxylic acids is 2. The van der Waals surface area contributed by atoms with Crippen LogP contribution in [0.1, 0.15) is 91.4 Å². The lowest BCUT2D eigenvalue weighted by Gasteiger charge is -2.42. The molecule has 2 aliphatic heterocycles. The van der Waals surface area contributed by atoms with Gasteiger partial charge in [-0.2, -0.15) is 5.10 Å². The van der Waals surface area contributed by atoms with E-state index in [0.29, 0.717) is 67.2 Å². The summed E-state index contributed by atoms with van der Waals surface area (Å²) < 4.78 is 28.7. The van der Waals surface area contributed by atoms with Crippen molar-refractivity contribution in [1.82, 2.24) is 19.0 Å². The van der Waals surface area contributed by atoms with Crippen LogP contribution in [0.3, 0.4) is 0 Å². The third-order valence-electron chi connectivity index (χ3n) is 8.56. The Labute approximate surface area is 237 Å². The molecule has 3 N–H and O–H groups in total. The summed E-state index contributed by atoms with van der Waals surface area (Å²) in [5, 5.41) is 8.25. The summed E-state index contributed by atoms with van der Waals surface area (Å²) in [4.78, 5) is 28.0. The second-order valence-electron chi connectivity index (χ2n) is 12.2. The first kappa shape index (κ1) is 28.6. The van der Waals surface area contributed by atoms with Gasteiger partial charge in [0.25, 0.3) is 11.8 Å². The maximum absolute atomic E-state index is 13.6. The number of hydrogen-bond acceptors (Lipinski definition) is 6. The number of carbonyl (C=O) groups is 2. The third kappa shape index (κ3) is 5.63. The Bertz CT molecular complexity index is 1400. The number of amides is 2. The minimum atomic E-state index is -3.25. The molecule has 2 fully saturated rings. The van der Waals surface area contributed by atoms with E-state index in [1.54, 1.807) is 10.4 Å². The second kappa shape index (κ2) is 10.8. The van der Waals surface area contributed by atoms with E-state index < -0.39 is 15.9 Å². The smallest absolute Gasteiger partial charge is 0.258 e. The molecule has 3 heterocycles. The topological polar surface area (TPSA) is 131 Å². The van der Waals surface area contributed by atoms with Gasteiger partial charge in [0, 0.05) is 43.3 Å². The monoisotopic (exact) mass is 570 g/mol. The molecule has 0 radical (unpaired) electrons. The lowest BCUT2D eigenvalue weighted by Crippen LogP contribution is -2.53. The first-order valence-corrected chi connectivity index (χ1v) is 16.1. The largest absolute Gasteiger partial charge is 0.382 e. The average Bonchev–Trinajstić information content (AvgIpc) is 3.67. The molecule has 0 bridgehead atoms. The summed E-state index contributed by atoms with van der Waals surface area (Å²) in [7, 11) is -3.25. The number of nitrogens with two attached hydrogens (primary N) is 1. The van der Waals surface area contributed by atoms with E-state index >= 15 is 0 Å². The highest BCUT2D eigenvalue weighted by molar-refractivity contribution is 7.89. The van der Waals surface area contributed by atoms with Crippen molar-refractivity contribution in [2.24, 2.45) is 11.7 Å². The van der Waals surface area contributed by atoms with E-state index in [-0.39, 0.29) is 23.2 Å². The molecule has 218 valence electrons. The first-order valence-electron chi connectivity index (χ1n) is 14.5. The predicted molar refractivity (Wildman–Crippen MR) is 155 cm³/mol. The molecule has 0 unspecified atom stereocenters. The molecule has 2 aromatic rings. The summed E-state index contributed by atoms with van der Waals surface area (Å²) in [6, 6.07) is 5.37. The molecule has 1 aliphatic carbocycles. The van der Waals surface area contributed by atoms with Crippen LogP contribution in [0.2, 0.25) is 0 Å². The number of hydrogen-bond donors (Lipinski definition) is 2. The number of aryl methyl sites for hydroxylation is 1. The molecule has 10 nitrogen and oxygen atoms in total. The van der Waals surface area contributed by atoms with Crippen molar-refractivity contribution in [2.75, 3.05) is 30.7 Å². The van der Waals surface area contributed by atoms with E-state index in [9.17, 15) is 18.0 Å². The van der Waals surface area contributed by atoms with Gasteiger partial charge >= 0.3 is 0 Å². The average molecular weight is 571 g/mol. The zero-order valence-corrected chi connectivity index (χ0v) is 24.9. The molecule has 1 saturated heterocycles. The summed E-state index contributed by atoms with van der Waals surface area (Å²) in [6.07, 6.45) is 5.79. The Morgan fingerprint density at radius 1 is 1.18 bits per heavy atom. The first-order chi connectivity index (χ1) is 18.9. The van der Waals surface area contributed by atoms with Gasteiger partial charge < -0.3 is 16.0 Å². The number of aromatic nitrogens is 2. The standard InChI is InChI=1S/C29H42N6O4S/c1-5-6-15-40(38,39)33-13-11-21(12-14-33)31-24-16-22(9-10-23(24)27(30)36)35-25-17-29(3,4)34(18-20-7-8-20)28(37)26(25)19(2)32-35/h9-10,16,20-21,31H,5-8,11-15,17-18H2,1-4H3,(H2,30,36). The highest BCUT2D eigenvalue weighted by atomic mass is 32.2. The van der Waals surface area contributed by atoms with Crippen molar-refractivity contribution in [3.8, 4) is 5.69 Å². The summed E-state index contributed by atoms with van der Waals surface area (Å²) in [5.74, 6) is 0.271. The molecule has 1 saturated carbocycles. The minimum Gasteiger partial charge on any atom is -0.382 e. The zero-order valence-electron chi connectivity index (χ0n) is 24.1. The number of nitrogens with zero attached hydrogens (tertiary/aromatic N) is 4. The molecule has 1 aromatic carbocycles. The maximum atomic E-state index is 13.6. The highest BCUT2D eigenvalue weighted by Crippen LogP contribution is 2.38. The molecule has 11 heteroatoms. The third-order valence-corrected chi connectivity index (χ3v) is 10.5. The fourth-order valence-electron chi connectivity index (χ4n) is 5.99. The number of fused-ring (bicyclic) bond motifs is 1. The van der Waals surface area contributed by atoms with Crippen LogP contribution in [0.15, 0.2) is 18.2 Å². The molecule has 5 rings (SSSR count). The SMILES string of the molecule is CCCCS(=O)(=O)N1CCC(Nc2cc(-n3nc(C)c4c3CC(C)(C)N(CC3CC3)C4=O)ccc2C(N)=O)CC1. The molecule has 0 atom stereocenters. The van der Waals surface area contributed by atoms with Crippen molar-refractivity contribution in [3.63, 3.8) is 0 Å². The van der Waals surface area contributed by atoms with Crippen molar-refractivity contribution < 1.29 is 18.0 Å². The fraction of sp³-hybridized carbons (Fsp3) is 0.621. The van der Waals surface area contributed by atoms with Gasteiger partial charge in [0.2, 0.25) is 10.0 Å². The lowest BCUT2D eigenvalue weighted by atomic mass is 9.87. The van der Waals surface area contributed by atoms with E-state index in [0.717, 1.165) is 24.3 Å². The van der Waals surface area contributed by atoms with Gasteiger partial charge in [-0.15, -0.1) is 0 Å². The number of benzene rings is 1. The fourth-order valence-corrected chi connectivity index (χ4v) is 7.66. The van der Waals surface area contributed by atoms with E-state index in [1.165, 1.54) is 12.8 Å². The summed E-state index contributed by atoms with van der Waals surface area (Å²) in [6.45, 7) is 9.75. The molecule has 2 amide bonds. The van der Waals surface area contributed by atoms with Crippen LogP contribution >= 0.6 is 0 Å². The summed E-state index contributed by atoms with van der Waals surface area (Å²) in [5.41, 5.74) is 9.34. The Morgan fingerprint density at radius 3 is 2.50 bits per heavy atom. The molecule has 40 heavy (non-hydrogen) atoms. The molecular weight excluding hydrogens is 528 g/mol. The van der Waals surface area contributed by atoms with Crippen LogP contribution in [-0.2, 0) is 16.4 Å². The van der Waals surface area contributed by atoms with Gasteiger partial charge in [-0.05, 0) is 77.0 Å². The van der Waals surface area contributed by atoms with Crippen LogP contribution in [-0.4, -0.2) is 76.2 Å².